The van der Waals surface area contributed by atoms with E-state index in [2.05, 4.69) is 4.74 Å². The highest BCUT2D eigenvalue weighted by atomic mass is 16.6. The molecule has 1 fully saturated rings. The molecule has 2 heteroatoms. The third kappa shape index (κ3) is 3.90. The molecule has 94 valence electrons. The third-order valence-corrected chi connectivity index (χ3v) is 2.61. The minimum absolute atomic E-state index is 0.923. The van der Waals surface area contributed by atoms with Gasteiger partial charge in [-0.05, 0) is 37.1 Å². The second kappa shape index (κ2) is 6.22. The van der Waals surface area contributed by atoms with Gasteiger partial charge in [-0.2, -0.15) is 0 Å². The van der Waals surface area contributed by atoms with E-state index in [1.165, 1.54) is 0 Å². The minimum Gasteiger partial charge on any atom is -0.457 e. The summed E-state index contributed by atoms with van der Waals surface area (Å²) < 4.78 is 10.3. The Balaban J connectivity index is 0.000000350. The Morgan fingerprint density at radius 1 is 0.778 bits per heavy atom. The number of aryl methyl sites for hydroxylation is 2. The molecular weight excluding hydrogens is 224 g/mol. The van der Waals surface area contributed by atoms with Crippen LogP contribution in [-0.4, -0.2) is 13.2 Å². The maximum atomic E-state index is 5.84. The first kappa shape index (κ1) is 12.7. The van der Waals surface area contributed by atoms with Crippen LogP contribution in [0, 0.1) is 13.8 Å². The standard InChI is InChI=1S/C14H14O.C2H4O/c1-11-7-3-5-9-13(11)15-14-10-6-4-8-12(14)2;1-2-3-1/h3-10H,1-2H3;1-2H2. The Morgan fingerprint density at radius 3 is 1.50 bits per heavy atom. The van der Waals surface area contributed by atoms with Gasteiger partial charge in [-0.1, -0.05) is 36.4 Å². The SMILES string of the molecule is C1CO1.Cc1ccccc1Oc1ccccc1C. The van der Waals surface area contributed by atoms with Gasteiger partial charge >= 0.3 is 0 Å². The largest absolute Gasteiger partial charge is 0.457 e. The number of hydrogen-bond acceptors (Lipinski definition) is 2. The van der Waals surface area contributed by atoms with Crippen LogP contribution in [0.15, 0.2) is 48.5 Å². The fraction of sp³-hybridized carbons (Fsp3) is 0.250. The van der Waals surface area contributed by atoms with E-state index in [0.29, 0.717) is 0 Å². The molecule has 1 aliphatic heterocycles. The molecule has 1 aliphatic rings. The van der Waals surface area contributed by atoms with E-state index < -0.39 is 0 Å². The molecule has 0 amide bonds. The Labute approximate surface area is 108 Å². The molecule has 2 aromatic carbocycles. The van der Waals surface area contributed by atoms with Crippen molar-refractivity contribution in [2.75, 3.05) is 13.2 Å². The second-order valence-electron chi connectivity index (χ2n) is 4.25. The van der Waals surface area contributed by atoms with Gasteiger partial charge in [-0.15, -0.1) is 0 Å². The summed E-state index contributed by atoms with van der Waals surface area (Å²) in [6.07, 6.45) is 0. The van der Waals surface area contributed by atoms with E-state index in [1.54, 1.807) is 0 Å². The fourth-order valence-electron chi connectivity index (χ4n) is 1.46. The molecule has 1 saturated heterocycles. The van der Waals surface area contributed by atoms with Gasteiger partial charge in [0, 0.05) is 0 Å². The first-order valence-corrected chi connectivity index (χ1v) is 6.14. The number of hydrogen-bond donors (Lipinski definition) is 0. The Hall–Kier alpha value is -1.80. The molecule has 0 aromatic heterocycles. The van der Waals surface area contributed by atoms with E-state index in [1.807, 2.05) is 62.4 Å². The number of para-hydroxylation sites is 2. The van der Waals surface area contributed by atoms with Crippen LogP contribution in [0.2, 0.25) is 0 Å². The van der Waals surface area contributed by atoms with Crippen LogP contribution < -0.4 is 4.74 Å². The maximum Gasteiger partial charge on any atom is 0.130 e. The van der Waals surface area contributed by atoms with Crippen molar-refractivity contribution >= 4 is 0 Å². The number of epoxide rings is 1. The molecule has 1 heterocycles. The molecule has 2 nitrogen and oxygen atoms in total. The number of ether oxygens (including phenoxy) is 2. The van der Waals surface area contributed by atoms with Crippen molar-refractivity contribution in [1.82, 2.24) is 0 Å². The predicted octanol–water partition coefficient (Wildman–Crippen LogP) is 4.11. The van der Waals surface area contributed by atoms with Crippen LogP contribution in [0.1, 0.15) is 11.1 Å². The van der Waals surface area contributed by atoms with Crippen LogP contribution in [0.5, 0.6) is 11.5 Å². The lowest BCUT2D eigenvalue weighted by molar-refractivity contribution is 0.475. The predicted molar refractivity (Wildman–Crippen MR) is 73.3 cm³/mol. The lowest BCUT2D eigenvalue weighted by Gasteiger charge is -2.10. The lowest BCUT2D eigenvalue weighted by Crippen LogP contribution is -1.88. The van der Waals surface area contributed by atoms with Crippen molar-refractivity contribution in [3.63, 3.8) is 0 Å². The van der Waals surface area contributed by atoms with E-state index in [0.717, 1.165) is 35.8 Å². The average Bonchev–Trinajstić information content (AvgIpc) is 3.23. The molecular formula is C16H18O2. The first-order chi connectivity index (χ1) is 8.77. The monoisotopic (exact) mass is 242 g/mol. The Kier molecular flexibility index (Phi) is 4.37. The second-order valence-corrected chi connectivity index (χ2v) is 4.25. The van der Waals surface area contributed by atoms with Crippen molar-refractivity contribution in [2.45, 2.75) is 13.8 Å². The van der Waals surface area contributed by atoms with Gasteiger partial charge in [0.1, 0.15) is 11.5 Å². The highest BCUT2D eigenvalue weighted by Crippen LogP contribution is 2.26. The fourth-order valence-corrected chi connectivity index (χ4v) is 1.46. The van der Waals surface area contributed by atoms with Gasteiger partial charge < -0.3 is 9.47 Å². The number of rotatable bonds is 2. The highest BCUT2D eigenvalue weighted by Gasteiger charge is 2.01. The normalized spacial score (nSPS) is 12.3. The summed E-state index contributed by atoms with van der Waals surface area (Å²) in [4.78, 5) is 0. The maximum absolute atomic E-state index is 5.84. The smallest absolute Gasteiger partial charge is 0.130 e. The summed E-state index contributed by atoms with van der Waals surface area (Å²) in [5.41, 5.74) is 2.31. The van der Waals surface area contributed by atoms with Crippen LogP contribution in [0.3, 0.4) is 0 Å². The topological polar surface area (TPSA) is 21.8 Å². The van der Waals surface area contributed by atoms with Crippen LogP contribution >= 0.6 is 0 Å². The van der Waals surface area contributed by atoms with Gasteiger partial charge in [0.2, 0.25) is 0 Å². The summed E-state index contributed by atoms with van der Waals surface area (Å²) in [7, 11) is 0. The van der Waals surface area contributed by atoms with Crippen LogP contribution in [0.4, 0.5) is 0 Å². The molecule has 0 aliphatic carbocycles. The molecule has 0 radical (unpaired) electrons. The van der Waals surface area contributed by atoms with Gasteiger partial charge in [0.15, 0.2) is 0 Å². The van der Waals surface area contributed by atoms with E-state index >= 15 is 0 Å². The summed E-state index contributed by atoms with van der Waals surface area (Å²) in [6, 6.07) is 16.1. The zero-order valence-corrected chi connectivity index (χ0v) is 10.8. The van der Waals surface area contributed by atoms with Crippen molar-refractivity contribution in [2.24, 2.45) is 0 Å². The quantitative estimate of drug-likeness (QED) is 0.739. The highest BCUT2D eigenvalue weighted by molar-refractivity contribution is 5.40. The summed E-state index contributed by atoms with van der Waals surface area (Å²) in [5, 5.41) is 0. The van der Waals surface area contributed by atoms with Crippen LogP contribution in [-0.2, 0) is 4.74 Å². The summed E-state index contributed by atoms with van der Waals surface area (Å²) >= 11 is 0. The van der Waals surface area contributed by atoms with Gasteiger partial charge in [0.05, 0.1) is 13.2 Å². The van der Waals surface area contributed by atoms with Gasteiger partial charge in [-0.25, -0.2) is 0 Å². The van der Waals surface area contributed by atoms with Crippen molar-refractivity contribution in [3.8, 4) is 11.5 Å². The molecule has 0 unspecified atom stereocenters. The summed E-state index contributed by atoms with van der Waals surface area (Å²) in [6.45, 7) is 6.10. The van der Waals surface area contributed by atoms with Gasteiger partial charge in [0.25, 0.3) is 0 Å². The molecule has 0 saturated carbocycles. The Bertz CT molecular complexity index is 458. The van der Waals surface area contributed by atoms with E-state index in [9.17, 15) is 0 Å². The lowest BCUT2D eigenvalue weighted by atomic mass is 10.2. The van der Waals surface area contributed by atoms with E-state index in [-0.39, 0.29) is 0 Å². The Morgan fingerprint density at radius 2 is 1.17 bits per heavy atom. The molecule has 0 atom stereocenters. The molecule has 3 rings (SSSR count). The van der Waals surface area contributed by atoms with Crippen LogP contribution in [0.25, 0.3) is 0 Å². The van der Waals surface area contributed by atoms with E-state index in [4.69, 9.17) is 4.74 Å². The molecule has 0 N–H and O–H groups in total. The van der Waals surface area contributed by atoms with Crippen molar-refractivity contribution in [1.29, 1.82) is 0 Å². The number of benzene rings is 2. The molecule has 0 bridgehead atoms. The summed E-state index contributed by atoms with van der Waals surface area (Å²) in [5.74, 6) is 1.85. The van der Waals surface area contributed by atoms with Crippen molar-refractivity contribution in [3.05, 3.63) is 59.7 Å². The van der Waals surface area contributed by atoms with Gasteiger partial charge in [-0.3, -0.25) is 0 Å². The zero-order valence-electron chi connectivity index (χ0n) is 10.8. The van der Waals surface area contributed by atoms with Crippen molar-refractivity contribution < 1.29 is 9.47 Å². The average molecular weight is 242 g/mol. The molecule has 18 heavy (non-hydrogen) atoms. The zero-order chi connectivity index (χ0) is 12.8. The first-order valence-electron chi connectivity index (χ1n) is 6.14. The molecule has 0 spiro atoms. The molecule has 2 aromatic rings. The minimum atomic E-state index is 0.923. The third-order valence-electron chi connectivity index (χ3n) is 2.61.